The van der Waals surface area contributed by atoms with Gasteiger partial charge in [0.05, 0.1) is 12.6 Å². The van der Waals surface area contributed by atoms with Crippen molar-refractivity contribution in [2.24, 2.45) is 4.99 Å². The molecular weight excluding hydrogens is 334 g/mol. The molecule has 0 radical (unpaired) electrons. The van der Waals surface area contributed by atoms with Crippen LogP contribution in [0.15, 0.2) is 17.1 Å². The van der Waals surface area contributed by atoms with Crippen molar-refractivity contribution in [3.8, 4) is 0 Å². The van der Waals surface area contributed by atoms with E-state index in [1.807, 2.05) is 12.1 Å². The number of aliphatic imine (C=N–C) groups is 1. The predicted molar refractivity (Wildman–Crippen MR) is 98.4 cm³/mol. The summed E-state index contributed by atoms with van der Waals surface area (Å²) in [4.78, 5) is 6.73. The monoisotopic (exact) mass is 361 g/mol. The lowest BCUT2D eigenvalue weighted by atomic mass is 10.1. The summed E-state index contributed by atoms with van der Waals surface area (Å²) >= 11 is 0. The number of nitrogens with one attached hydrogen (secondary N) is 3. The third-order valence-corrected chi connectivity index (χ3v) is 5.72. The Morgan fingerprint density at radius 1 is 1.19 bits per heavy atom. The number of guanidine groups is 1. The number of benzene rings is 1. The number of nitrogens with zero attached hydrogens (tertiary/aromatic N) is 2. The molecule has 142 valence electrons. The van der Waals surface area contributed by atoms with E-state index in [0.717, 1.165) is 51.7 Å². The van der Waals surface area contributed by atoms with Crippen molar-refractivity contribution in [3.63, 3.8) is 0 Å². The molecule has 1 aromatic rings. The first-order valence-electron chi connectivity index (χ1n) is 9.47. The summed E-state index contributed by atoms with van der Waals surface area (Å²) < 4.78 is 5.38. The van der Waals surface area contributed by atoms with Crippen LogP contribution in [0.2, 0.25) is 0 Å². The Balaban J connectivity index is 1.41. The highest BCUT2D eigenvalue weighted by Crippen LogP contribution is 2.28. The van der Waals surface area contributed by atoms with Gasteiger partial charge >= 0.3 is 5.96 Å². The third kappa shape index (κ3) is 3.48. The fourth-order valence-electron chi connectivity index (χ4n) is 4.14. The first-order chi connectivity index (χ1) is 12.7. The Hall–Kier alpha value is -1.55. The molecule has 1 aliphatic carbocycles. The van der Waals surface area contributed by atoms with Gasteiger partial charge in [-0.2, -0.15) is 5.43 Å². The first kappa shape index (κ1) is 17.8. The van der Waals surface area contributed by atoms with E-state index in [2.05, 4.69) is 15.3 Å². The average Bonchev–Trinajstić information content (AvgIpc) is 3.12. The van der Waals surface area contributed by atoms with Gasteiger partial charge in [-0.15, -0.1) is 0 Å². The van der Waals surface area contributed by atoms with Crippen molar-refractivity contribution in [2.45, 2.75) is 38.2 Å². The lowest BCUT2D eigenvalue weighted by molar-refractivity contribution is -0.851. The fourth-order valence-corrected chi connectivity index (χ4v) is 4.14. The molecular formula is C18H27N5O3. The number of fused-ring (bicyclic) bond motifs is 2. The van der Waals surface area contributed by atoms with Crippen LogP contribution in [0.1, 0.15) is 30.4 Å². The summed E-state index contributed by atoms with van der Waals surface area (Å²) in [5.41, 5.74) is 6.10. The van der Waals surface area contributed by atoms with Crippen LogP contribution in [-0.4, -0.2) is 50.3 Å². The number of hydrogen-bond acceptors (Lipinski definition) is 5. The number of likely N-dealkylation sites (tertiary alicyclic amines) is 1. The van der Waals surface area contributed by atoms with Crippen LogP contribution in [0.4, 0.5) is 11.4 Å². The summed E-state index contributed by atoms with van der Waals surface area (Å²) in [5.74, 6) is 0.187. The minimum Gasteiger partial charge on any atom is -0.621 e. The lowest BCUT2D eigenvalue weighted by Crippen LogP contribution is -3.24. The standard InChI is InChI=1S/C18H27N5O3/c1-26-15-5-8-21(9-6-15)10-7-19-18-20-23(25)17-12-14-4-2-3-13(14)11-16(17)22(18)24/h11-12,15,22-23H,2-10H2,1H3,(H,19,20). The van der Waals surface area contributed by atoms with Crippen molar-refractivity contribution in [3.05, 3.63) is 33.7 Å². The molecule has 0 aromatic heterocycles. The van der Waals surface area contributed by atoms with E-state index in [9.17, 15) is 10.4 Å². The van der Waals surface area contributed by atoms with Gasteiger partial charge in [0.1, 0.15) is 0 Å². The highest BCUT2D eigenvalue weighted by Gasteiger charge is 2.31. The van der Waals surface area contributed by atoms with Gasteiger partial charge in [0.15, 0.2) is 0 Å². The molecule has 26 heavy (non-hydrogen) atoms. The molecule has 8 nitrogen and oxygen atoms in total. The van der Waals surface area contributed by atoms with E-state index >= 15 is 0 Å². The van der Waals surface area contributed by atoms with Gasteiger partial charge in [-0.1, -0.05) is 0 Å². The molecule has 1 saturated heterocycles. The molecule has 2 heterocycles. The van der Waals surface area contributed by atoms with Crippen LogP contribution < -0.4 is 15.7 Å². The maximum atomic E-state index is 12.8. The number of quaternary nitrogens is 2. The second-order valence-electron chi connectivity index (χ2n) is 7.31. The number of ether oxygens (including phenoxy) is 1. The molecule has 3 aliphatic rings. The van der Waals surface area contributed by atoms with E-state index in [1.54, 1.807) is 7.11 Å². The van der Waals surface area contributed by atoms with Crippen LogP contribution in [-0.2, 0) is 17.6 Å². The van der Waals surface area contributed by atoms with E-state index in [-0.39, 0.29) is 16.2 Å². The SMILES string of the molecule is COC1CCN(CCN=C2N[NH+]([O-])c3cc4c(cc3[NH+]2[O-])CCC4)CC1. The highest BCUT2D eigenvalue weighted by atomic mass is 16.6. The van der Waals surface area contributed by atoms with E-state index < -0.39 is 0 Å². The van der Waals surface area contributed by atoms with E-state index in [1.165, 1.54) is 11.1 Å². The number of hydroxylamine groups is 1. The zero-order chi connectivity index (χ0) is 18.1. The lowest BCUT2D eigenvalue weighted by Gasteiger charge is -2.35. The summed E-state index contributed by atoms with van der Waals surface area (Å²) in [6.07, 6.45) is 5.48. The molecule has 8 heteroatoms. The third-order valence-electron chi connectivity index (χ3n) is 5.72. The van der Waals surface area contributed by atoms with Crippen molar-refractivity contribution >= 4 is 17.3 Å². The van der Waals surface area contributed by atoms with Gasteiger partial charge in [-0.25, -0.2) is 10.2 Å². The Kier molecular flexibility index (Phi) is 5.21. The first-order valence-corrected chi connectivity index (χ1v) is 9.47. The Labute approximate surface area is 153 Å². The molecule has 3 N–H and O–H groups in total. The molecule has 4 rings (SSSR count). The number of aryl methyl sites for hydroxylation is 2. The van der Waals surface area contributed by atoms with E-state index in [4.69, 9.17) is 4.74 Å². The minimum absolute atomic E-state index is 0.160. The smallest absolute Gasteiger partial charge is 0.347 e. The molecule has 0 amide bonds. The number of methoxy groups -OCH3 is 1. The molecule has 0 bridgehead atoms. The average molecular weight is 361 g/mol. The normalized spacial score (nSPS) is 28.0. The zero-order valence-electron chi connectivity index (χ0n) is 15.2. The van der Waals surface area contributed by atoms with Gasteiger partial charge in [0.25, 0.3) is 0 Å². The van der Waals surface area contributed by atoms with Crippen molar-refractivity contribution < 1.29 is 15.0 Å². The predicted octanol–water partition coefficient (Wildman–Crippen LogP) is -0.811. The Bertz CT molecular complexity index is 688. The summed E-state index contributed by atoms with van der Waals surface area (Å²) in [5, 5.41) is 24.8. The van der Waals surface area contributed by atoms with Gasteiger partial charge in [0.2, 0.25) is 11.4 Å². The van der Waals surface area contributed by atoms with Crippen molar-refractivity contribution in [2.75, 3.05) is 33.3 Å². The van der Waals surface area contributed by atoms with Crippen molar-refractivity contribution in [1.82, 2.24) is 10.3 Å². The van der Waals surface area contributed by atoms with E-state index in [0.29, 0.717) is 24.0 Å². The Morgan fingerprint density at radius 3 is 2.58 bits per heavy atom. The van der Waals surface area contributed by atoms with Gasteiger partial charge in [-0.05, 0) is 43.2 Å². The molecule has 2 aliphatic heterocycles. The van der Waals surface area contributed by atoms with Crippen LogP contribution in [0.5, 0.6) is 0 Å². The maximum absolute atomic E-state index is 12.8. The molecule has 2 unspecified atom stereocenters. The van der Waals surface area contributed by atoms with Crippen LogP contribution in [0, 0.1) is 10.4 Å². The van der Waals surface area contributed by atoms with Crippen LogP contribution >= 0.6 is 0 Å². The molecule has 0 saturated carbocycles. The number of hydrogen-bond donors (Lipinski definition) is 3. The van der Waals surface area contributed by atoms with Crippen molar-refractivity contribution in [1.29, 1.82) is 0 Å². The Morgan fingerprint density at radius 2 is 1.88 bits per heavy atom. The van der Waals surface area contributed by atoms with Crippen LogP contribution in [0.25, 0.3) is 0 Å². The second-order valence-corrected chi connectivity index (χ2v) is 7.31. The summed E-state index contributed by atoms with van der Waals surface area (Å²) in [6.45, 7) is 3.27. The zero-order valence-corrected chi connectivity index (χ0v) is 15.2. The topological polar surface area (TPSA) is 91.9 Å². The second kappa shape index (κ2) is 7.59. The quantitative estimate of drug-likeness (QED) is 0.610. The van der Waals surface area contributed by atoms with Gasteiger partial charge in [0, 0.05) is 38.9 Å². The maximum Gasteiger partial charge on any atom is 0.347 e. The summed E-state index contributed by atoms with van der Waals surface area (Å²) in [7, 11) is 1.76. The van der Waals surface area contributed by atoms with Gasteiger partial charge < -0.3 is 20.1 Å². The molecule has 1 fully saturated rings. The molecule has 1 aromatic carbocycles. The number of rotatable bonds is 4. The largest absolute Gasteiger partial charge is 0.621 e. The molecule has 0 spiro atoms. The van der Waals surface area contributed by atoms with Gasteiger partial charge in [-0.3, -0.25) is 5.06 Å². The number of piperidine rings is 1. The highest BCUT2D eigenvalue weighted by molar-refractivity contribution is 5.76. The molecule has 2 atom stereocenters. The van der Waals surface area contributed by atoms with Crippen LogP contribution in [0.3, 0.4) is 0 Å². The fraction of sp³-hybridized carbons (Fsp3) is 0.611. The minimum atomic E-state index is -0.214. The summed E-state index contributed by atoms with van der Waals surface area (Å²) in [6, 6.07) is 3.80.